The zero-order valence-electron chi connectivity index (χ0n) is 15.1. The molecule has 2 fully saturated rings. The van der Waals surface area contributed by atoms with Gasteiger partial charge in [-0.25, -0.2) is 0 Å². The Balaban J connectivity index is 2.19. The average molecular weight is 295 g/mol. The van der Waals surface area contributed by atoms with Crippen LogP contribution in [0.2, 0.25) is 0 Å². The Bertz CT molecular complexity index is 309. The van der Waals surface area contributed by atoms with Crippen LogP contribution in [0.15, 0.2) is 0 Å². The minimum Gasteiger partial charge on any atom is -0.308 e. The molecule has 1 aliphatic carbocycles. The molecule has 0 bridgehead atoms. The lowest BCUT2D eigenvalue weighted by Crippen LogP contribution is -2.67. The molecule has 124 valence electrons. The summed E-state index contributed by atoms with van der Waals surface area (Å²) < 4.78 is 0. The molecule has 0 aromatic rings. The highest BCUT2D eigenvalue weighted by molar-refractivity contribution is 5.00. The summed E-state index contributed by atoms with van der Waals surface area (Å²) in [6.45, 7) is 14.4. The van der Waals surface area contributed by atoms with E-state index in [4.69, 9.17) is 0 Å². The van der Waals surface area contributed by atoms with Gasteiger partial charge >= 0.3 is 0 Å². The van der Waals surface area contributed by atoms with Gasteiger partial charge in [0.2, 0.25) is 0 Å². The molecule has 21 heavy (non-hydrogen) atoms. The lowest BCUT2D eigenvalue weighted by molar-refractivity contribution is -0.0120. The molecule has 2 nitrogen and oxygen atoms in total. The lowest BCUT2D eigenvalue weighted by atomic mass is 9.75. The molecule has 0 amide bonds. The highest BCUT2D eigenvalue weighted by Gasteiger charge is 2.42. The first-order chi connectivity index (χ1) is 10.1. The van der Waals surface area contributed by atoms with Crippen molar-refractivity contribution < 1.29 is 0 Å². The number of hydrogen-bond donors (Lipinski definition) is 1. The van der Waals surface area contributed by atoms with Crippen LogP contribution in [0.4, 0.5) is 0 Å². The second kappa shape index (κ2) is 7.46. The van der Waals surface area contributed by atoms with E-state index in [2.05, 4.69) is 44.8 Å². The summed E-state index contributed by atoms with van der Waals surface area (Å²) in [5.41, 5.74) is 0.366. The van der Waals surface area contributed by atoms with Crippen LogP contribution in [0.3, 0.4) is 0 Å². The summed E-state index contributed by atoms with van der Waals surface area (Å²) >= 11 is 0. The Labute approximate surface area is 133 Å². The Hall–Kier alpha value is -0.0800. The minimum absolute atomic E-state index is 0.366. The first-order valence-corrected chi connectivity index (χ1v) is 9.57. The van der Waals surface area contributed by atoms with Crippen LogP contribution in [0.25, 0.3) is 0 Å². The van der Waals surface area contributed by atoms with Crippen molar-refractivity contribution in [2.45, 2.75) is 97.2 Å². The summed E-state index contributed by atoms with van der Waals surface area (Å²) in [6.07, 6.45) is 9.59. The van der Waals surface area contributed by atoms with Gasteiger partial charge in [-0.3, -0.25) is 4.90 Å². The van der Waals surface area contributed by atoms with Gasteiger partial charge in [0.25, 0.3) is 0 Å². The maximum Gasteiger partial charge on any atom is 0.0304 e. The number of nitrogens with one attached hydrogen (secondary N) is 1. The van der Waals surface area contributed by atoms with Crippen LogP contribution in [0.1, 0.15) is 79.6 Å². The summed E-state index contributed by atoms with van der Waals surface area (Å²) in [4.78, 5) is 2.94. The second-order valence-electron chi connectivity index (χ2n) is 7.86. The maximum absolute atomic E-state index is 3.90. The third-order valence-corrected chi connectivity index (χ3v) is 6.56. The smallest absolute Gasteiger partial charge is 0.0304 e. The molecule has 3 unspecified atom stereocenters. The van der Waals surface area contributed by atoms with E-state index in [0.29, 0.717) is 5.54 Å². The molecule has 1 N–H and O–H groups in total. The van der Waals surface area contributed by atoms with Crippen LogP contribution < -0.4 is 5.32 Å². The molecule has 0 radical (unpaired) electrons. The summed E-state index contributed by atoms with van der Waals surface area (Å²) in [5.74, 6) is 1.75. The van der Waals surface area contributed by atoms with Crippen molar-refractivity contribution in [3.05, 3.63) is 0 Å². The molecule has 3 atom stereocenters. The fourth-order valence-corrected chi connectivity index (χ4v) is 4.81. The molecule has 1 saturated heterocycles. The number of nitrogens with zero attached hydrogens (tertiary/aromatic N) is 1. The fourth-order valence-electron chi connectivity index (χ4n) is 4.81. The van der Waals surface area contributed by atoms with E-state index in [0.717, 1.165) is 23.9 Å². The van der Waals surface area contributed by atoms with E-state index >= 15 is 0 Å². The largest absolute Gasteiger partial charge is 0.308 e. The van der Waals surface area contributed by atoms with Gasteiger partial charge in [-0.05, 0) is 43.9 Å². The highest BCUT2D eigenvalue weighted by atomic mass is 15.3. The molecule has 2 heteroatoms. The van der Waals surface area contributed by atoms with Gasteiger partial charge < -0.3 is 5.32 Å². The molecule has 2 rings (SSSR count). The number of rotatable bonds is 5. The predicted octanol–water partition coefficient (Wildman–Crippen LogP) is 4.44. The van der Waals surface area contributed by atoms with Gasteiger partial charge in [-0.2, -0.15) is 0 Å². The average Bonchev–Trinajstić information content (AvgIpc) is 2.54. The first kappa shape index (κ1) is 17.3. The molecule has 0 aromatic carbocycles. The van der Waals surface area contributed by atoms with Crippen LogP contribution in [0.5, 0.6) is 0 Å². The van der Waals surface area contributed by atoms with Gasteiger partial charge in [0, 0.05) is 30.7 Å². The van der Waals surface area contributed by atoms with Crippen molar-refractivity contribution in [3.63, 3.8) is 0 Å². The summed E-state index contributed by atoms with van der Waals surface area (Å²) in [5, 5.41) is 3.90. The third-order valence-electron chi connectivity index (χ3n) is 6.56. The van der Waals surface area contributed by atoms with E-state index in [9.17, 15) is 0 Å². The summed E-state index contributed by atoms with van der Waals surface area (Å²) in [7, 11) is 0. The van der Waals surface area contributed by atoms with Gasteiger partial charge in [0.05, 0.1) is 0 Å². The van der Waals surface area contributed by atoms with Crippen molar-refractivity contribution >= 4 is 0 Å². The van der Waals surface area contributed by atoms with Crippen molar-refractivity contribution in [3.8, 4) is 0 Å². The highest BCUT2D eigenvalue weighted by Crippen LogP contribution is 2.37. The Morgan fingerprint density at radius 2 is 1.76 bits per heavy atom. The molecule has 0 aromatic heterocycles. The zero-order chi connectivity index (χ0) is 15.5. The van der Waals surface area contributed by atoms with E-state index < -0.39 is 0 Å². The number of piperazine rings is 1. The molecular formula is C19H38N2. The van der Waals surface area contributed by atoms with E-state index in [-0.39, 0.29) is 0 Å². The van der Waals surface area contributed by atoms with Gasteiger partial charge in [-0.1, -0.05) is 47.5 Å². The monoisotopic (exact) mass is 294 g/mol. The van der Waals surface area contributed by atoms with E-state index in [1.54, 1.807) is 0 Å². The summed E-state index contributed by atoms with van der Waals surface area (Å²) in [6, 6.07) is 1.59. The van der Waals surface area contributed by atoms with Crippen molar-refractivity contribution in [1.82, 2.24) is 10.2 Å². The van der Waals surface area contributed by atoms with E-state index in [1.165, 1.54) is 58.0 Å². The van der Waals surface area contributed by atoms with Crippen LogP contribution in [-0.4, -0.2) is 35.6 Å². The van der Waals surface area contributed by atoms with Crippen LogP contribution >= 0.6 is 0 Å². The maximum atomic E-state index is 3.90. The van der Waals surface area contributed by atoms with Crippen molar-refractivity contribution in [2.75, 3.05) is 13.1 Å². The minimum atomic E-state index is 0.366. The molecular weight excluding hydrogens is 256 g/mol. The normalized spacial score (nSPS) is 34.3. The van der Waals surface area contributed by atoms with Crippen molar-refractivity contribution in [2.24, 2.45) is 11.8 Å². The molecule has 1 saturated carbocycles. The molecule has 1 aliphatic heterocycles. The third kappa shape index (κ3) is 3.64. The Morgan fingerprint density at radius 3 is 2.33 bits per heavy atom. The molecule has 0 spiro atoms. The SMILES string of the molecule is CCC1CNC(CC)(CC)CN1C1CCCCC1C(C)C. The standard InChI is InChI=1S/C19H38N2/c1-6-16-13-20-19(7-2,8-3)14-21(16)18-12-10-9-11-17(18)15(4)5/h15-18,20H,6-14H2,1-5H3. The lowest BCUT2D eigenvalue weighted by Gasteiger charge is -2.53. The van der Waals surface area contributed by atoms with Gasteiger partial charge in [0.15, 0.2) is 0 Å². The van der Waals surface area contributed by atoms with Crippen LogP contribution in [-0.2, 0) is 0 Å². The van der Waals surface area contributed by atoms with Gasteiger partial charge in [0.1, 0.15) is 0 Å². The van der Waals surface area contributed by atoms with Gasteiger partial charge in [-0.15, -0.1) is 0 Å². The Kier molecular flexibility index (Phi) is 6.14. The zero-order valence-corrected chi connectivity index (χ0v) is 15.1. The van der Waals surface area contributed by atoms with Crippen molar-refractivity contribution in [1.29, 1.82) is 0 Å². The number of hydrogen-bond acceptors (Lipinski definition) is 2. The Morgan fingerprint density at radius 1 is 1.10 bits per heavy atom. The molecule has 1 heterocycles. The first-order valence-electron chi connectivity index (χ1n) is 9.57. The topological polar surface area (TPSA) is 15.3 Å². The second-order valence-corrected chi connectivity index (χ2v) is 7.86. The fraction of sp³-hybridized carbons (Fsp3) is 1.00. The molecule has 2 aliphatic rings. The van der Waals surface area contributed by atoms with Crippen LogP contribution in [0, 0.1) is 11.8 Å². The quantitative estimate of drug-likeness (QED) is 0.806. The predicted molar refractivity (Wildman–Crippen MR) is 92.7 cm³/mol. The van der Waals surface area contributed by atoms with E-state index in [1.807, 2.05) is 0 Å².